The van der Waals surface area contributed by atoms with Crippen molar-refractivity contribution in [3.8, 4) is 0 Å². The molecule has 0 bridgehead atoms. The Kier molecular flexibility index (Phi) is 8.70. The smallest absolute Gasteiger partial charge is 0.270 e. The van der Waals surface area contributed by atoms with Gasteiger partial charge in [-0.3, -0.25) is 14.4 Å². The molecule has 3 amide bonds. The number of rotatable bonds is 10. The lowest BCUT2D eigenvalue weighted by atomic mass is 10.0. The molecule has 1 fully saturated rings. The molecule has 0 aliphatic carbocycles. The summed E-state index contributed by atoms with van der Waals surface area (Å²) in [5.41, 5.74) is 13.6. The van der Waals surface area contributed by atoms with Gasteiger partial charge >= 0.3 is 0 Å². The third kappa shape index (κ3) is 6.17. The van der Waals surface area contributed by atoms with Crippen LogP contribution in [-0.2, 0) is 16.0 Å². The second kappa shape index (κ2) is 12.1. The first-order chi connectivity index (χ1) is 18.3. The number of hydrogen-bond acceptors (Lipinski definition) is 7. The van der Waals surface area contributed by atoms with Crippen LogP contribution < -0.4 is 16.8 Å². The topological polar surface area (TPSA) is 141 Å². The first kappa shape index (κ1) is 27.2. The molecule has 3 aromatic rings. The van der Waals surface area contributed by atoms with E-state index in [1.807, 2.05) is 31.2 Å². The maximum absolute atomic E-state index is 13.9. The van der Waals surface area contributed by atoms with Gasteiger partial charge in [-0.15, -0.1) is 0 Å². The third-order valence-electron chi connectivity index (χ3n) is 6.57. The molecule has 11 heteroatoms. The Labute approximate surface area is 224 Å². The van der Waals surface area contributed by atoms with Gasteiger partial charge in [0.15, 0.2) is 5.69 Å². The van der Waals surface area contributed by atoms with Crippen LogP contribution >= 0.6 is 11.5 Å². The van der Waals surface area contributed by atoms with E-state index < -0.39 is 29.6 Å². The van der Waals surface area contributed by atoms with Crippen molar-refractivity contribution in [2.75, 3.05) is 25.4 Å². The zero-order valence-corrected chi connectivity index (χ0v) is 21.8. The zero-order valence-electron chi connectivity index (χ0n) is 21.0. The Hall–Kier alpha value is -3.83. The largest absolute Gasteiger partial charge is 0.395 e. The zero-order chi connectivity index (χ0) is 27.2. The van der Waals surface area contributed by atoms with Gasteiger partial charge in [0, 0.05) is 19.7 Å². The molecular weight excluding hydrogens is 509 g/mol. The first-order valence-corrected chi connectivity index (χ1v) is 13.1. The fourth-order valence-corrected chi connectivity index (χ4v) is 5.23. The Morgan fingerprint density at radius 3 is 2.58 bits per heavy atom. The number of benzene rings is 2. The van der Waals surface area contributed by atoms with Crippen LogP contribution in [0.2, 0.25) is 0 Å². The van der Waals surface area contributed by atoms with E-state index in [9.17, 15) is 18.8 Å². The van der Waals surface area contributed by atoms with Crippen molar-refractivity contribution < 1.29 is 23.5 Å². The van der Waals surface area contributed by atoms with Gasteiger partial charge in [-0.2, -0.15) is 4.37 Å². The minimum absolute atomic E-state index is 0.00243. The fourth-order valence-electron chi connectivity index (χ4n) is 4.47. The molecule has 0 saturated carbocycles. The highest BCUT2D eigenvalue weighted by Crippen LogP contribution is 2.29. The molecule has 0 radical (unpaired) electrons. The molecule has 2 atom stereocenters. The number of nitrogens with zero attached hydrogens (tertiary/aromatic N) is 2. The SMILES string of the molecule is Cc1ccccc1CCN(C(=O)c1snc(C(N)=O)c1N)[C@@H](C(=O)NC[C@@H]1CCCO1)c1ccc(F)cc1. The number of nitrogens with two attached hydrogens (primary N) is 2. The summed E-state index contributed by atoms with van der Waals surface area (Å²) in [4.78, 5) is 40.7. The van der Waals surface area contributed by atoms with E-state index >= 15 is 0 Å². The molecule has 200 valence electrons. The lowest BCUT2D eigenvalue weighted by Crippen LogP contribution is -2.46. The molecule has 1 aliphatic rings. The molecule has 5 N–H and O–H groups in total. The number of primary amides is 1. The maximum Gasteiger partial charge on any atom is 0.270 e. The first-order valence-electron chi connectivity index (χ1n) is 12.3. The van der Waals surface area contributed by atoms with Crippen molar-refractivity contribution in [2.24, 2.45) is 5.73 Å². The summed E-state index contributed by atoms with van der Waals surface area (Å²) in [7, 11) is 0. The second-order valence-electron chi connectivity index (χ2n) is 9.15. The van der Waals surface area contributed by atoms with Crippen LogP contribution in [0.1, 0.15) is 55.7 Å². The number of hydrogen-bond donors (Lipinski definition) is 3. The molecule has 0 unspecified atom stereocenters. The summed E-state index contributed by atoms with van der Waals surface area (Å²) in [5, 5.41) is 2.90. The van der Waals surface area contributed by atoms with Gasteiger partial charge in [0.05, 0.1) is 11.8 Å². The number of carbonyl (C=O) groups excluding carboxylic acids is 3. The summed E-state index contributed by atoms with van der Waals surface area (Å²) >= 11 is 0.748. The molecule has 2 heterocycles. The van der Waals surface area contributed by atoms with Gasteiger partial charge in [0.2, 0.25) is 5.91 Å². The third-order valence-corrected chi connectivity index (χ3v) is 7.42. The molecule has 9 nitrogen and oxygen atoms in total. The molecule has 38 heavy (non-hydrogen) atoms. The average molecular weight is 540 g/mol. The van der Waals surface area contributed by atoms with Gasteiger partial charge in [-0.1, -0.05) is 36.4 Å². The van der Waals surface area contributed by atoms with Crippen LogP contribution in [0, 0.1) is 12.7 Å². The molecule has 0 spiro atoms. The predicted molar refractivity (Wildman–Crippen MR) is 142 cm³/mol. The van der Waals surface area contributed by atoms with Crippen molar-refractivity contribution in [3.05, 3.63) is 81.6 Å². The summed E-state index contributed by atoms with van der Waals surface area (Å²) in [5.74, 6) is -2.34. The summed E-state index contributed by atoms with van der Waals surface area (Å²) in [6.45, 7) is 3.02. The predicted octanol–water partition coefficient (Wildman–Crippen LogP) is 2.99. The van der Waals surface area contributed by atoms with E-state index in [1.54, 1.807) is 0 Å². The highest BCUT2D eigenvalue weighted by Gasteiger charge is 2.35. The number of halogens is 1. The average Bonchev–Trinajstić information content (AvgIpc) is 3.56. The van der Waals surface area contributed by atoms with E-state index in [-0.39, 0.29) is 35.5 Å². The number of nitrogen functional groups attached to an aromatic ring is 1. The lowest BCUT2D eigenvalue weighted by Gasteiger charge is -2.32. The Balaban J connectivity index is 1.72. The number of amides is 3. The monoisotopic (exact) mass is 539 g/mol. The molecular formula is C27H30FN5O4S. The standard InChI is InChI=1S/C27H30FN5O4S/c1-16-5-2-3-6-17(16)12-13-33(27(36)24-21(29)22(25(30)34)32-38-24)23(18-8-10-19(28)11-9-18)26(35)31-15-20-7-4-14-37-20/h2-3,5-6,8-11,20,23H,4,7,12-15,29H2,1H3,(H2,30,34)(H,31,35)/t20-,23+/m0/s1. The van der Waals surface area contributed by atoms with E-state index in [0.717, 1.165) is 35.5 Å². The lowest BCUT2D eigenvalue weighted by molar-refractivity contribution is -0.126. The van der Waals surface area contributed by atoms with Gasteiger partial charge in [0.25, 0.3) is 11.8 Å². The number of nitrogens with one attached hydrogen (secondary N) is 1. The number of anilines is 1. The molecule has 4 rings (SSSR count). The summed E-state index contributed by atoms with van der Waals surface area (Å²) in [6.07, 6.45) is 2.07. The van der Waals surface area contributed by atoms with Gasteiger partial charge in [-0.05, 0) is 66.5 Å². The van der Waals surface area contributed by atoms with Crippen molar-refractivity contribution in [1.82, 2.24) is 14.6 Å². The van der Waals surface area contributed by atoms with E-state index in [0.29, 0.717) is 18.6 Å². The van der Waals surface area contributed by atoms with Gasteiger partial charge in [-0.25, -0.2) is 4.39 Å². The Morgan fingerprint density at radius 2 is 1.95 bits per heavy atom. The number of carbonyl (C=O) groups is 3. The van der Waals surface area contributed by atoms with E-state index in [2.05, 4.69) is 9.69 Å². The van der Waals surface area contributed by atoms with Crippen LogP contribution in [0.15, 0.2) is 48.5 Å². The highest BCUT2D eigenvalue weighted by atomic mass is 32.1. The normalized spacial score (nSPS) is 15.7. The Bertz CT molecular complexity index is 1310. The van der Waals surface area contributed by atoms with Crippen molar-refractivity contribution in [3.63, 3.8) is 0 Å². The molecule has 1 aromatic heterocycles. The van der Waals surface area contributed by atoms with Crippen LogP contribution in [-0.4, -0.2) is 52.8 Å². The van der Waals surface area contributed by atoms with Crippen LogP contribution in [0.25, 0.3) is 0 Å². The second-order valence-corrected chi connectivity index (χ2v) is 9.92. The Morgan fingerprint density at radius 1 is 1.21 bits per heavy atom. The van der Waals surface area contributed by atoms with E-state index in [4.69, 9.17) is 16.2 Å². The van der Waals surface area contributed by atoms with Crippen molar-refractivity contribution in [1.29, 1.82) is 0 Å². The van der Waals surface area contributed by atoms with Gasteiger partial charge < -0.3 is 26.4 Å². The van der Waals surface area contributed by atoms with Gasteiger partial charge in [0.1, 0.15) is 16.7 Å². The minimum atomic E-state index is -1.10. The van der Waals surface area contributed by atoms with Crippen LogP contribution in [0.5, 0.6) is 0 Å². The van der Waals surface area contributed by atoms with Crippen molar-refractivity contribution in [2.45, 2.75) is 38.3 Å². The molecule has 1 saturated heterocycles. The molecule has 1 aliphatic heterocycles. The van der Waals surface area contributed by atoms with Crippen molar-refractivity contribution >= 4 is 34.9 Å². The molecule has 2 aromatic carbocycles. The van der Waals surface area contributed by atoms with Crippen LogP contribution in [0.3, 0.4) is 0 Å². The number of aromatic nitrogens is 1. The quantitative estimate of drug-likeness (QED) is 0.362. The van der Waals surface area contributed by atoms with E-state index in [1.165, 1.54) is 29.2 Å². The maximum atomic E-state index is 13.9. The summed E-state index contributed by atoms with van der Waals surface area (Å²) in [6, 6.07) is 12.1. The fraction of sp³-hybridized carbons (Fsp3) is 0.333. The number of aryl methyl sites for hydroxylation is 1. The number of ether oxygens (including phenoxy) is 1. The highest BCUT2D eigenvalue weighted by molar-refractivity contribution is 7.09. The van der Waals surface area contributed by atoms with Crippen LogP contribution in [0.4, 0.5) is 10.1 Å². The summed E-state index contributed by atoms with van der Waals surface area (Å²) < 4.78 is 23.4. The minimum Gasteiger partial charge on any atom is -0.395 e.